The van der Waals surface area contributed by atoms with Crippen LogP contribution in [0.1, 0.15) is 18.9 Å². The zero-order valence-corrected chi connectivity index (χ0v) is 13.1. The molecule has 1 aromatic carbocycles. The summed E-state index contributed by atoms with van der Waals surface area (Å²) in [5, 5.41) is 0.0875. The topological polar surface area (TPSA) is 73.9 Å². The number of carbonyl (C=O) groups is 1. The summed E-state index contributed by atoms with van der Waals surface area (Å²) in [6.45, 7) is 2.45. The number of aliphatic imine (C=N–C) groups is 1. The highest BCUT2D eigenvalue weighted by atomic mass is 32.2. The number of ether oxygens (including phenoxy) is 2. The van der Waals surface area contributed by atoms with Gasteiger partial charge in [-0.05, 0) is 31.0 Å². The van der Waals surface area contributed by atoms with Gasteiger partial charge in [0.2, 0.25) is 5.91 Å². The van der Waals surface area contributed by atoms with Gasteiger partial charge in [0.25, 0.3) is 0 Å². The Morgan fingerprint density at radius 1 is 1.43 bits per heavy atom. The summed E-state index contributed by atoms with van der Waals surface area (Å²) in [6.07, 6.45) is 0.617. The van der Waals surface area contributed by atoms with Gasteiger partial charge in [-0.1, -0.05) is 12.1 Å². The van der Waals surface area contributed by atoms with Crippen LogP contribution in [0.4, 0.5) is 0 Å². The van der Waals surface area contributed by atoms with Crippen LogP contribution in [0.5, 0.6) is 5.75 Å². The van der Waals surface area contributed by atoms with Crippen molar-refractivity contribution in [2.45, 2.75) is 30.4 Å². The predicted molar refractivity (Wildman–Crippen MR) is 84.7 cm³/mol. The molecule has 1 heterocycles. The molecule has 0 spiro atoms. The van der Waals surface area contributed by atoms with E-state index in [9.17, 15) is 4.79 Å². The van der Waals surface area contributed by atoms with Crippen molar-refractivity contribution >= 4 is 23.6 Å². The van der Waals surface area contributed by atoms with Crippen LogP contribution in [0, 0.1) is 0 Å². The highest BCUT2D eigenvalue weighted by molar-refractivity contribution is 7.99. The average Bonchev–Trinajstić information content (AvgIpc) is 2.89. The Morgan fingerprint density at radius 3 is 2.71 bits per heavy atom. The fourth-order valence-electron chi connectivity index (χ4n) is 2.11. The van der Waals surface area contributed by atoms with Crippen LogP contribution in [0.25, 0.3) is 0 Å². The van der Waals surface area contributed by atoms with Crippen LogP contribution in [0.2, 0.25) is 0 Å². The predicted octanol–water partition coefficient (Wildman–Crippen LogP) is 1.99. The van der Waals surface area contributed by atoms with Crippen molar-refractivity contribution in [3.8, 4) is 5.75 Å². The fourth-order valence-corrected chi connectivity index (χ4v) is 3.28. The number of carbonyl (C=O) groups excluding carboxylic acids is 1. The molecule has 0 bridgehead atoms. The van der Waals surface area contributed by atoms with Crippen LogP contribution >= 0.6 is 11.8 Å². The Balaban J connectivity index is 1.94. The van der Waals surface area contributed by atoms with Gasteiger partial charge in [0, 0.05) is 5.75 Å². The maximum Gasteiger partial charge on any atom is 0.242 e. The SMILES string of the molecule is CCOC1=N[C@H](C(N)=O)CC1SCc1ccc(OC)cc1. The molecule has 21 heavy (non-hydrogen) atoms. The van der Waals surface area contributed by atoms with E-state index >= 15 is 0 Å². The van der Waals surface area contributed by atoms with Crippen LogP contribution < -0.4 is 10.5 Å². The van der Waals surface area contributed by atoms with Gasteiger partial charge < -0.3 is 15.2 Å². The molecule has 5 nitrogen and oxygen atoms in total. The van der Waals surface area contributed by atoms with Gasteiger partial charge in [0.05, 0.1) is 19.0 Å². The number of benzene rings is 1. The second-order valence-electron chi connectivity index (χ2n) is 4.70. The van der Waals surface area contributed by atoms with Gasteiger partial charge in [-0.2, -0.15) is 0 Å². The van der Waals surface area contributed by atoms with Gasteiger partial charge in [-0.3, -0.25) is 4.79 Å². The highest BCUT2D eigenvalue weighted by Gasteiger charge is 2.32. The first kappa shape index (κ1) is 15.7. The fraction of sp³-hybridized carbons (Fsp3) is 0.467. The van der Waals surface area contributed by atoms with Crippen molar-refractivity contribution in [1.82, 2.24) is 0 Å². The third kappa shape index (κ3) is 4.14. The number of hydrogen-bond acceptors (Lipinski definition) is 5. The molecule has 2 atom stereocenters. The van der Waals surface area contributed by atoms with Crippen molar-refractivity contribution in [3.05, 3.63) is 29.8 Å². The zero-order valence-electron chi connectivity index (χ0n) is 12.2. The normalized spacial score (nSPS) is 21.0. The van der Waals surface area contributed by atoms with E-state index in [1.54, 1.807) is 18.9 Å². The molecular weight excluding hydrogens is 288 g/mol. The number of hydrogen-bond donors (Lipinski definition) is 1. The van der Waals surface area contributed by atoms with Crippen LogP contribution in [-0.4, -0.2) is 36.8 Å². The molecule has 6 heteroatoms. The molecule has 1 unspecified atom stereocenters. The molecule has 0 saturated carbocycles. The van der Waals surface area contributed by atoms with E-state index in [1.807, 2.05) is 31.2 Å². The van der Waals surface area contributed by atoms with Crippen molar-refractivity contribution < 1.29 is 14.3 Å². The maximum absolute atomic E-state index is 11.3. The quantitative estimate of drug-likeness (QED) is 0.872. The zero-order chi connectivity index (χ0) is 15.2. The average molecular weight is 308 g/mol. The standard InChI is InChI=1S/C15H20N2O3S/c1-3-20-15-13(8-12(17-15)14(16)18)21-9-10-4-6-11(19-2)7-5-10/h4-7,12-13H,3,8-9H2,1-2H3,(H2,16,18)/t12-,13?/m0/s1. The second-order valence-corrected chi connectivity index (χ2v) is 5.89. The summed E-state index contributed by atoms with van der Waals surface area (Å²) in [5.74, 6) is 1.92. The largest absolute Gasteiger partial charge is 0.497 e. The van der Waals surface area contributed by atoms with Crippen molar-refractivity contribution in [2.24, 2.45) is 10.7 Å². The van der Waals surface area contributed by atoms with E-state index < -0.39 is 6.04 Å². The highest BCUT2D eigenvalue weighted by Crippen LogP contribution is 2.29. The lowest BCUT2D eigenvalue weighted by molar-refractivity contribution is -0.119. The number of thioether (sulfide) groups is 1. The van der Waals surface area contributed by atoms with Crippen LogP contribution in [-0.2, 0) is 15.3 Å². The number of primary amides is 1. The second kappa shape index (κ2) is 7.36. The van der Waals surface area contributed by atoms with Crippen molar-refractivity contribution in [1.29, 1.82) is 0 Å². The first-order chi connectivity index (χ1) is 10.1. The maximum atomic E-state index is 11.3. The number of nitrogens with zero attached hydrogens (tertiary/aromatic N) is 1. The monoisotopic (exact) mass is 308 g/mol. The number of methoxy groups -OCH3 is 1. The van der Waals surface area contributed by atoms with E-state index in [0.717, 1.165) is 11.5 Å². The Morgan fingerprint density at radius 2 is 2.14 bits per heavy atom. The minimum Gasteiger partial charge on any atom is -0.497 e. The molecule has 1 aliphatic rings. The Hall–Kier alpha value is -1.69. The summed E-state index contributed by atoms with van der Waals surface area (Å²) >= 11 is 1.72. The lowest BCUT2D eigenvalue weighted by Gasteiger charge is -2.13. The molecule has 1 amide bonds. The third-order valence-electron chi connectivity index (χ3n) is 3.23. The van der Waals surface area contributed by atoms with E-state index in [-0.39, 0.29) is 11.2 Å². The lowest BCUT2D eigenvalue weighted by Crippen LogP contribution is -2.26. The minimum absolute atomic E-state index is 0.0875. The number of rotatable bonds is 6. The Labute approximate surface area is 128 Å². The smallest absolute Gasteiger partial charge is 0.242 e. The number of amides is 1. The van der Waals surface area contributed by atoms with Crippen LogP contribution in [0.3, 0.4) is 0 Å². The summed E-state index contributed by atoms with van der Waals surface area (Å²) in [5.41, 5.74) is 6.53. The molecule has 0 fully saturated rings. The molecule has 0 aliphatic carbocycles. The Bertz CT molecular complexity index is 516. The minimum atomic E-state index is -0.458. The van der Waals surface area contributed by atoms with Gasteiger partial charge in [-0.15, -0.1) is 11.8 Å². The van der Waals surface area contributed by atoms with E-state index in [0.29, 0.717) is 18.9 Å². The van der Waals surface area contributed by atoms with Gasteiger partial charge >= 0.3 is 0 Å². The first-order valence-electron chi connectivity index (χ1n) is 6.88. The summed E-state index contributed by atoms with van der Waals surface area (Å²) in [4.78, 5) is 15.6. The van der Waals surface area contributed by atoms with Gasteiger partial charge in [0.1, 0.15) is 11.8 Å². The van der Waals surface area contributed by atoms with Gasteiger partial charge in [0.15, 0.2) is 5.90 Å². The van der Waals surface area contributed by atoms with Crippen LogP contribution in [0.15, 0.2) is 29.3 Å². The van der Waals surface area contributed by atoms with E-state index in [2.05, 4.69) is 4.99 Å². The first-order valence-corrected chi connectivity index (χ1v) is 7.93. The van der Waals surface area contributed by atoms with Gasteiger partial charge in [-0.25, -0.2) is 4.99 Å². The summed E-state index contributed by atoms with van der Waals surface area (Å²) in [7, 11) is 1.65. The molecule has 1 aliphatic heterocycles. The molecule has 0 radical (unpaired) electrons. The van der Waals surface area contributed by atoms with E-state index in [4.69, 9.17) is 15.2 Å². The number of nitrogens with two attached hydrogens (primary N) is 1. The van der Waals surface area contributed by atoms with E-state index in [1.165, 1.54) is 5.56 Å². The van der Waals surface area contributed by atoms with Crippen molar-refractivity contribution in [3.63, 3.8) is 0 Å². The Kier molecular flexibility index (Phi) is 5.50. The lowest BCUT2D eigenvalue weighted by atomic mass is 10.2. The molecule has 2 rings (SSSR count). The molecule has 114 valence electrons. The third-order valence-corrected chi connectivity index (χ3v) is 4.52. The molecule has 1 aromatic rings. The summed E-state index contributed by atoms with van der Waals surface area (Å²) in [6, 6.07) is 7.48. The van der Waals surface area contributed by atoms with Crippen molar-refractivity contribution in [2.75, 3.05) is 13.7 Å². The summed E-state index contributed by atoms with van der Waals surface area (Å²) < 4.78 is 10.7. The molecule has 0 saturated heterocycles. The molecule has 2 N–H and O–H groups in total. The molecular formula is C15H20N2O3S. The molecule has 0 aromatic heterocycles.